The van der Waals surface area contributed by atoms with Crippen LogP contribution in [-0.2, 0) is 0 Å². The molecule has 0 bridgehead atoms. The van der Waals surface area contributed by atoms with Crippen molar-refractivity contribution in [3.8, 4) is 0 Å². The summed E-state index contributed by atoms with van der Waals surface area (Å²) in [6.45, 7) is -2.93. The molecule has 2 N–H and O–H groups in total. The molecule has 0 atom stereocenters. The lowest BCUT2D eigenvalue weighted by atomic mass is 9.94. The number of aliphatic hydroxyl groups excluding tert-OH is 2. The van der Waals surface area contributed by atoms with Crippen molar-refractivity contribution in [2.75, 3.05) is 13.2 Å². The number of allylic oxidation sites excluding steroid dienone is 2. The third-order valence-corrected chi connectivity index (χ3v) is 4.78. The molecule has 0 aliphatic carbocycles. The van der Waals surface area contributed by atoms with Crippen molar-refractivity contribution in [2.45, 2.75) is 71.6 Å². The first-order chi connectivity index (χ1) is 19.6. The SMILES string of the molecule is OCC=CC(F)(F)C(F)(F)C(F)(F)C(F)(F)C(F)(F)C(F)(F)F.OCC=CC(F)(F)C(F)(F)C(F)(F)C(F)(F)C(F)(F)C(F)(F)F. The van der Waals surface area contributed by atoms with Gasteiger partial charge < -0.3 is 10.2 Å². The third-order valence-electron chi connectivity index (χ3n) is 4.78. The van der Waals surface area contributed by atoms with Crippen molar-refractivity contribution in [1.82, 2.24) is 0 Å². The summed E-state index contributed by atoms with van der Waals surface area (Å²) < 4.78 is 325. The van der Waals surface area contributed by atoms with Crippen LogP contribution >= 0.6 is 0 Å². The van der Waals surface area contributed by atoms with E-state index in [1.54, 1.807) is 0 Å². The molecule has 0 aliphatic rings. The monoisotopic (exact) mass is 752 g/mol. The molecule has 0 amide bonds. The first-order valence-corrected chi connectivity index (χ1v) is 10.1. The summed E-state index contributed by atoms with van der Waals surface area (Å²) in [4.78, 5) is 0. The Kier molecular flexibility index (Phi) is 12.8. The zero-order valence-corrected chi connectivity index (χ0v) is 20.4. The van der Waals surface area contributed by atoms with Crippen LogP contribution < -0.4 is 0 Å². The van der Waals surface area contributed by atoms with Crippen LogP contribution in [0.1, 0.15) is 0 Å². The maximum atomic E-state index is 12.9. The van der Waals surface area contributed by atoms with Crippen molar-refractivity contribution in [1.29, 1.82) is 0 Å². The van der Waals surface area contributed by atoms with Gasteiger partial charge in [-0.2, -0.15) is 114 Å². The number of aliphatic hydroxyl groups is 2. The minimum atomic E-state index is -7.90. The summed E-state index contributed by atoms with van der Waals surface area (Å²) in [6.07, 6.45) is -18.0. The first-order valence-electron chi connectivity index (χ1n) is 10.1. The first kappa shape index (κ1) is 45.7. The number of hydrogen-bond donors (Lipinski definition) is 2. The minimum absolute atomic E-state index is 0.329. The number of hydrogen-bond acceptors (Lipinski definition) is 2. The molecular formula is C18H10F26O2. The highest BCUT2D eigenvalue weighted by atomic mass is 19.4. The zero-order valence-electron chi connectivity index (χ0n) is 20.4. The van der Waals surface area contributed by atoms with Crippen molar-refractivity contribution in [2.24, 2.45) is 0 Å². The van der Waals surface area contributed by atoms with Gasteiger partial charge in [-0.15, -0.1) is 0 Å². The predicted molar refractivity (Wildman–Crippen MR) is 94.0 cm³/mol. The Hall–Kier alpha value is -2.42. The smallest absolute Gasteiger partial charge is 0.392 e. The van der Waals surface area contributed by atoms with Crippen molar-refractivity contribution in [3.63, 3.8) is 0 Å². The van der Waals surface area contributed by atoms with E-state index in [-0.39, 0.29) is 12.2 Å². The topological polar surface area (TPSA) is 40.5 Å². The molecule has 0 heterocycles. The molecule has 0 rings (SSSR count). The van der Waals surface area contributed by atoms with E-state index in [9.17, 15) is 114 Å². The lowest BCUT2D eigenvalue weighted by molar-refractivity contribution is -0.436. The molecule has 28 heteroatoms. The third kappa shape index (κ3) is 7.19. The van der Waals surface area contributed by atoms with E-state index >= 15 is 0 Å². The molecule has 0 spiro atoms. The van der Waals surface area contributed by atoms with Gasteiger partial charge in [-0.1, -0.05) is 12.2 Å². The molecule has 2 nitrogen and oxygen atoms in total. The second kappa shape index (κ2) is 12.9. The Morgan fingerprint density at radius 1 is 0.283 bits per heavy atom. The van der Waals surface area contributed by atoms with Crippen LogP contribution in [0.5, 0.6) is 0 Å². The average molecular weight is 752 g/mol. The van der Waals surface area contributed by atoms with Crippen LogP contribution in [0.15, 0.2) is 24.3 Å². The maximum absolute atomic E-state index is 12.9. The van der Waals surface area contributed by atoms with Crippen LogP contribution in [0.4, 0.5) is 114 Å². The van der Waals surface area contributed by atoms with Gasteiger partial charge in [0.15, 0.2) is 0 Å². The molecule has 0 aromatic carbocycles. The molecule has 0 radical (unpaired) electrons. The Labute approximate surface area is 234 Å². The van der Waals surface area contributed by atoms with E-state index < -0.39 is 96.9 Å². The Bertz CT molecular complexity index is 978. The normalized spacial score (nSPS) is 16.3. The van der Waals surface area contributed by atoms with Gasteiger partial charge in [0.1, 0.15) is 0 Å². The summed E-state index contributed by atoms with van der Waals surface area (Å²) in [6, 6.07) is 0. The van der Waals surface area contributed by atoms with Crippen LogP contribution in [0.25, 0.3) is 0 Å². The van der Waals surface area contributed by atoms with Gasteiger partial charge in [0.25, 0.3) is 0 Å². The van der Waals surface area contributed by atoms with Gasteiger partial charge in [-0.25, -0.2) is 0 Å². The molecule has 0 aromatic rings. The molecule has 46 heavy (non-hydrogen) atoms. The molecule has 0 aliphatic heterocycles. The second-order valence-electron chi connectivity index (χ2n) is 8.01. The van der Waals surface area contributed by atoms with Crippen molar-refractivity contribution < 1.29 is 124 Å². The van der Waals surface area contributed by atoms with Crippen LogP contribution in [0.2, 0.25) is 0 Å². The fourth-order valence-corrected chi connectivity index (χ4v) is 2.17. The summed E-state index contributed by atoms with van der Waals surface area (Å²) in [5.74, 6) is -74.1. The summed E-state index contributed by atoms with van der Waals surface area (Å²) in [5, 5.41) is 16.0. The van der Waals surface area contributed by atoms with Crippen molar-refractivity contribution in [3.05, 3.63) is 24.3 Å². The Morgan fingerprint density at radius 3 is 0.609 bits per heavy atom. The van der Waals surface area contributed by atoms with E-state index in [4.69, 9.17) is 10.2 Å². The molecular weight excluding hydrogens is 742 g/mol. The standard InChI is InChI=1S/2C9H5F13O/c2*10-4(11,2-1-3-23)5(12,13)6(14,15)7(16,17)8(18,19)9(20,21)22/h2*1-2,23H,3H2. The van der Waals surface area contributed by atoms with E-state index in [2.05, 4.69) is 0 Å². The highest BCUT2D eigenvalue weighted by Crippen LogP contribution is 2.62. The quantitative estimate of drug-likeness (QED) is 0.155. The van der Waals surface area contributed by atoms with Crippen LogP contribution in [-0.4, -0.2) is 95.0 Å². The molecule has 0 saturated heterocycles. The van der Waals surface area contributed by atoms with Gasteiger partial charge in [-0.05, 0) is 12.2 Å². The number of alkyl halides is 26. The van der Waals surface area contributed by atoms with E-state index in [0.717, 1.165) is 0 Å². The number of rotatable bonds is 12. The second-order valence-corrected chi connectivity index (χ2v) is 8.01. The lowest BCUT2D eigenvalue weighted by Gasteiger charge is -2.39. The lowest BCUT2D eigenvalue weighted by Crippen LogP contribution is -2.69. The zero-order chi connectivity index (χ0) is 38.2. The molecule has 0 fully saturated rings. The van der Waals surface area contributed by atoms with Crippen LogP contribution in [0, 0.1) is 0 Å². The van der Waals surface area contributed by atoms with Gasteiger partial charge in [-0.3, -0.25) is 0 Å². The van der Waals surface area contributed by atoms with Crippen molar-refractivity contribution >= 4 is 0 Å². The van der Waals surface area contributed by atoms with Gasteiger partial charge in [0, 0.05) is 0 Å². The highest BCUT2D eigenvalue weighted by molar-refractivity contribution is 5.16. The predicted octanol–water partition coefficient (Wildman–Crippen LogP) is 8.55. The van der Waals surface area contributed by atoms with E-state index in [0.29, 0.717) is 0 Å². The average Bonchev–Trinajstić information content (AvgIpc) is 2.84. The summed E-state index contributed by atoms with van der Waals surface area (Å²) >= 11 is 0. The van der Waals surface area contributed by atoms with E-state index in [1.807, 2.05) is 0 Å². The Morgan fingerprint density at radius 2 is 0.457 bits per heavy atom. The molecule has 276 valence electrons. The fraction of sp³-hybridized carbons (Fsp3) is 0.778. The minimum Gasteiger partial charge on any atom is -0.392 e. The van der Waals surface area contributed by atoms with Crippen LogP contribution in [0.3, 0.4) is 0 Å². The van der Waals surface area contributed by atoms with Gasteiger partial charge >= 0.3 is 71.6 Å². The summed E-state index contributed by atoms with van der Waals surface area (Å²) in [5.41, 5.74) is 0. The van der Waals surface area contributed by atoms with Gasteiger partial charge in [0.05, 0.1) is 13.2 Å². The largest absolute Gasteiger partial charge is 0.460 e. The molecule has 0 saturated carbocycles. The molecule has 0 unspecified atom stereocenters. The number of halogens is 26. The van der Waals surface area contributed by atoms with E-state index in [1.165, 1.54) is 0 Å². The fourth-order valence-electron chi connectivity index (χ4n) is 2.17. The highest BCUT2D eigenvalue weighted by Gasteiger charge is 2.91. The summed E-state index contributed by atoms with van der Waals surface area (Å²) in [7, 11) is 0. The maximum Gasteiger partial charge on any atom is 0.460 e. The van der Waals surface area contributed by atoms with Gasteiger partial charge in [0.2, 0.25) is 0 Å². The Balaban J connectivity index is 0. The molecule has 0 aromatic heterocycles.